The first-order valence-corrected chi connectivity index (χ1v) is 11.2. The predicted molar refractivity (Wildman–Crippen MR) is 126 cm³/mol. The summed E-state index contributed by atoms with van der Waals surface area (Å²) in [4.78, 5) is 26.5. The second kappa shape index (κ2) is 10.2. The summed E-state index contributed by atoms with van der Waals surface area (Å²) >= 11 is 1.54. The summed E-state index contributed by atoms with van der Waals surface area (Å²) in [6, 6.07) is 17.0. The van der Waals surface area contributed by atoms with E-state index in [1.54, 1.807) is 32.4 Å². The lowest BCUT2D eigenvalue weighted by molar-refractivity contribution is -0.136. The minimum Gasteiger partial charge on any atom is -0.493 e. The van der Waals surface area contributed by atoms with E-state index in [0.717, 1.165) is 16.2 Å². The fourth-order valence-corrected chi connectivity index (χ4v) is 4.37. The maximum atomic E-state index is 13.1. The molecule has 1 atom stereocenters. The van der Waals surface area contributed by atoms with Gasteiger partial charge in [0.05, 0.1) is 48.0 Å². The van der Waals surface area contributed by atoms with Gasteiger partial charge in [-0.25, -0.2) is 9.80 Å². The Kier molecular flexibility index (Phi) is 6.90. The summed E-state index contributed by atoms with van der Waals surface area (Å²) in [6.45, 7) is -0.485. The number of nitriles is 1. The van der Waals surface area contributed by atoms with Crippen molar-refractivity contribution in [3.8, 4) is 17.6 Å². The summed E-state index contributed by atoms with van der Waals surface area (Å²) in [5.41, 5.74) is 2.12. The number of hydrogen-bond donors (Lipinski definition) is 0. The van der Waals surface area contributed by atoms with E-state index in [9.17, 15) is 9.59 Å². The molecule has 0 bridgehead atoms. The molecule has 0 fully saturated rings. The molecule has 0 saturated carbocycles. The van der Waals surface area contributed by atoms with E-state index in [0.29, 0.717) is 23.5 Å². The summed E-state index contributed by atoms with van der Waals surface area (Å²) in [5, 5.41) is 16.9. The Morgan fingerprint density at radius 2 is 1.94 bits per heavy atom. The second-order valence-electron chi connectivity index (χ2n) is 7.37. The lowest BCUT2D eigenvalue weighted by Crippen LogP contribution is -2.31. The number of carbonyl (C=O) groups is 2. The van der Waals surface area contributed by atoms with Crippen molar-refractivity contribution >= 4 is 28.9 Å². The third-order valence-corrected chi connectivity index (χ3v) is 6.24. The van der Waals surface area contributed by atoms with E-state index in [1.165, 1.54) is 28.5 Å². The number of methoxy groups -OCH3 is 2. The van der Waals surface area contributed by atoms with Crippen molar-refractivity contribution in [1.29, 1.82) is 5.26 Å². The van der Waals surface area contributed by atoms with Crippen LogP contribution < -0.4 is 9.47 Å². The van der Waals surface area contributed by atoms with Crippen LogP contribution in [0.5, 0.6) is 11.5 Å². The van der Waals surface area contributed by atoms with Gasteiger partial charge in [-0.2, -0.15) is 10.4 Å². The Hall–Kier alpha value is -4.16. The first kappa shape index (κ1) is 23.0. The molecule has 172 valence electrons. The molecule has 4 rings (SSSR count). The molecule has 9 heteroatoms. The number of hydrogen-bond acceptors (Lipinski definition) is 8. The van der Waals surface area contributed by atoms with Gasteiger partial charge in [0, 0.05) is 6.42 Å². The Balaban J connectivity index is 1.56. The van der Waals surface area contributed by atoms with Gasteiger partial charge in [0.15, 0.2) is 18.1 Å². The Morgan fingerprint density at radius 3 is 2.65 bits per heavy atom. The molecule has 1 aliphatic heterocycles. The Bertz CT molecular complexity index is 1280. The van der Waals surface area contributed by atoms with E-state index >= 15 is 0 Å². The van der Waals surface area contributed by atoms with Crippen molar-refractivity contribution in [2.75, 3.05) is 20.8 Å². The highest BCUT2D eigenvalue weighted by Gasteiger charge is 2.34. The number of ether oxygens (including phenoxy) is 3. The second-order valence-corrected chi connectivity index (χ2v) is 8.31. The van der Waals surface area contributed by atoms with Crippen molar-refractivity contribution in [2.24, 2.45) is 5.10 Å². The van der Waals surface area contributed by atoms with Crippen molar-refractivity contribution in [1.82, 2.24) is 5.01 Å². The van der Waals surface area contributed by atoms with Gasteiger partial charge in [0.2, 0.25) is 0 Å². The zero-order valence-corrected chi connectivity index (χ0v) is 19.4. The molecule has 0 spiro atoms. The molecule has 1 amide bonds. The molecule has 2 aromatic carbocycles. The van der Waals surface area contributed by atoms with Gasteiger partial charge in [0.25, 0.3) is 5.91 Å². The molecule has 2 heterocycles. The van der Waals surface area contributed by atoms with Crippen LogP contribution >= 0.6 is 11.3 Å². The molecule has 0 unspecified atom stereocenters. The standard InChI is InChI=1S/C25H21N3O5S/c1-31-21-9-8-17(12-22(21)32-2)20-13-19(23-7-4-10-34-23)27-28(20)24(29)15-33-25(30)18-6-3-5-16(11-18)14-26/h3-12,20H,13,15H2,1-2H3/t20-/m0/s1. The van der Waals surface area contributed by atoms with Crippen LogP contribution in [0.2, 0.25) is 0 Å². The average molecular weight is 476 g/mol. The van der Waals surface area contributed by atoms with E-state index in [1.807, 2.05) is 35.7 Å². The summed E-state index contributed by atoms with van der Waals surface area (Å²) in [6.07, 6.45) is 0.500. The van der Waals surface area contributed by atoms with Crippen molar-refractivity contribution in [3.63, 3.8) is 0 Å². The number of amides is 1. The fraction of sp³-hybridized carbons (Fsp3) is 0.200. The number of thiophene rings is 1. The summed E-state index contributed by atoms with van der Waals surface area (Å²) < 4.78 is 16.0. The summed E-state index contributed by atoms with van der Waals surface area (Å²) in [7, 11) is 3.11. The molecule has 34 heavy (non-hydrogen) atoms. The maximum absolute atomic E-state index is 13.1. The minimum atomic E-state index is -0.685. The van der Waals surface area contributed by atoms with E-state index in [-0.39, 0.29) is 5.56 Å². The molecule has 0 aliphatic carbocycles. The highest BCUT2D eigenvalue weighted by molar-refractivity contribution is 7.12. The molecule has 3 aromatic rings. The molecule has 0 N–H and O–H groups in total. The first-order chi connectivity index (χ1) is 16.5. The molecule has 0 radical (unpaired) electrons. The van der Waals surface area contributed by atoms with Crippen LogP contribution in [0.1, 0.15) is 38.8 Å². The zero-order chi connectivity index (χ0) is 24.1. The monoisotopic (exact) mass is 475 g/mol. The van der Waals surface area contributed by atoms with Crippen molar-refractivity contribution in [2.45, 2.75) is 12.5 Å². The zero-order valence-electron chi connectivity index (χ0n) is 18.6. The number of carbonyl (C=O) groups excluding carboxylic acids is 2. The Labute approximate surface area is 200 Å². The molecular weight excluding hydrogens is 454 g/mol. The highest BCUT2D eigenvalue weighted by Crippen LogP contribution is 2.37. The van der Waals surface area contributed by atoms with E-state index in [2.05, 4.69) is 5.10 Å². The van der Waals surface area contributed by atoms with Crippen molar-refractivity contribution in [3.05, 3.63) is 81.5 Å². The number of rotatable bonds is 7. The lowest BCUT2D eigenvalue weighted by atomic mass is 10.0. The molecule has 8 nitrogen and oxygen atoms in total. The van der Waals surface area contributed by atoms with Gasteiger partial charge in [-0.15, -0.1) is 11.3 Å². The topological polar surface area (TPSA) is 101 Å². The average Bonchev–Trinajstić information content (AvgIpc) is 3.57. The van der Waals surface area contributed by atoms with Gasteiger partial charge >= 0.3 is 5.97 Å². The molecule has 0 saturated heterocycles. The third-order valence-electron chi connectivity index (χ3n) is 5.32. The fourth-order valence-electron chi connectivity index (χ4n) is 3.64. The summed E-state index contributed by atoms with van der Waals surface area (Å²) in [5.74, 6) is -0.0262. The van der Waals surface area contributed by atoms with Crippen LogP contribution in [0.15, 0.2) is 65.1 Å². The number of nitrogens with zero attached hydrogens (tertiary/aromatic N) is 3. The largest absolute Gasteiger partial charge is 0.493 e. The van der Waals surface area contributed by atoms with Gasteiger partial charge in [-0.1, -0.05) is 18.2 Å². The Morgan fingerprint density at radius 1 is 1.12 bits per heavy atom. The van der Waals surface area contributed by atoms with Crippen LogP contribution in [-0.2, 0) is 9.53 Å². The van der Waals surface area contributed by atoms with E-state index in [4.69, 9.17) is 19.5 Å². The lowest BCUT2D eigenvalue weighted by Gasteiger charge is -2.22. The predicted octanol–water partition coefficient (Wildman–Crippen LogP) is 4.17. The first-order valence-electron chi connectivity index (χ1n) is 10.4. The van der Waals surface area contributed by atoms with Crippen LogP contribution in [-0.4, -0.2) is 43.4 Å². The van der Waals surface area contributed by atoms with Gasteiger partial charge in [-0.3, -0.25) is 4.79 Å². The van der Waals surface area contributed by atoms with E-state index < -0.39 is 24.5 Å². The van der Waals surface area contributed by atoms with Crippen LogP contribution in [0, 0.1) is 11.3 Å². The van der Waals surface area contributed by atoms with Crippen LogP contribution in [0.3, 0.4) is 0 Å². The van der Waals surface area contributed by atoms with Gasteiger partial charge in [0.1, 0.15) is 0 Å². The molecule has 1 aromatic heterocycles. The molecular formula is C25H21N3O5S. The maximum Gasteiger partial charge on any atom is 0.338 e. The molecule has 1 aliphatic rings. The van der Waals surface area contributed by atoms with Crippen molar-refractivity contribution < 1.29 is 23.8 Å². The highest BCUT2D eigenvalue weighted by atomic mass is 32.1. The van der Waals surface area contributed by atoms with Gasteiger partial charge in [-0.05, 0) is 47.3 Å². The van der Waals surface area contributed by atoms with Gasteiger partial charge < -0.3 is 14.2 Å². The third kappa shape index (κ3) is 4.77. The van der Waals surface area contributed by atoms with Crippen LogP contribution in [0.4, 0.5) is 0 Å². The number of hydrazone groups is 1. The number of benzene rings is 2. The minimum absolute atomic E-state index is 0.201. The number of esters is 1. The quantitative estimate of drug-likeness (QED) is 0.476. The normalized spacial score (nSPS) is 14.8. The smallest absolute Gasteiger partial charge is 0.338 e. The SMILES string of the molecule is COc1ccc([C@@H]2CC(c3cccs3)=NN2C(=O)COC(=O)c2cccc(C#N)c2)cc1OC. The van der Waals surface area contributed by atoms with Crippen LogP contribution in [0.25, 0.3) is 0 Å².